The molecule has 0 saturated heterocycles. The summed E-state index contributed by atoms with van der Waals surface area (Å²) in [6, 6.07) is 0.399. The van der Waals surface area contributed by atoms with Crippen LogP contribution < -0.4 is 5.73 Å². The van der Waals surface area contributed by atoms with Crippen molar-refractivity contribution in [3.8, 4) is 12.3 Å². The zero-order chi connectivity index (χ0) is 8.81. The second-order valence-electron chi connectivity index (χ2n) is 3.46. The van der Waals surface area contributed by atoms with Crippen molar-refractivity contribution in [3.63, 3.8) is 0 Å². The second kappa shape index (κ2) is 5.00. The Balaban J connectivity index is 2.30. The summed E-state index contributed by atoms with van der Waals surface area (Å²) in [6.07, 6.45) is 14.1. The van der Waals surface area contributed by atoms with Crippen molar-refractivity contribution in [2.24, 2.45) is 5.73 Å². The third-order valence-corrected chi connectivity index (χ3v) is 2.32. The van der Waals surface area contributed by atoms with Gasteiger partial charge in [-0.2, -0.15) is 0 Å². The molecule has 1 fully saturated rings. The zero-order valence-electron chi connectivity index (χ0n) is 7.55. The topological polar surface area (TPSA) is 26.0 Å². The van der Waals surface area contributed by atoms with E-state index in [1.807, 2.05) is 0 Å². The Hall–Kier alpha value is -0.740. The molecule has 0 aliphatic heterocycles. The molecule has 0 heterocycles. The van der Waals surface area contributed by atoms with Gasteiger partial charge in [-0.3, -0.25) is 0 Å². The minimum Gasteiger partial charge on any atom is -0.327 e. The second-order valence-corrected chi connectivity index (χ2v) is 3.46. The van der Waals surface area contributed by atoms with Crippen LogP contribution >= 0.6 is 0 Å². The Kier molecular flexibility index (Phi) is 3.90. The van der Waals surface area contributed by atoms with Crippen molar-refractivity contribution in [1.29, 1.82) is 0 Å². The van der Waals surface area contributed by atoms with Crippen LogP contribution in [0.15, 0.2) is 11.6 Å². The summed E-state index contributed by atoms with van der Waals surface area (Å²) in [4.78, 5) is 0. The number of allylic oxidation sites excluding steroid dienone is 1. The fourth-order valence-electron chi connectivity index (χ4n) is 1.68. The van der Waals surface area contributed by atoms with Gasteiger partial charge in [0.1, 0.15) is 0 Å². The molecule has 1 aliphatic rings. The molecule has 12 heavy (non-hydrogen) atoms. The first-order valence-electron chi connectivity index (χ1n) is 4.70. The first-order chi connectivity index (χ1) is 5.83. The van der Waals surface area contributed by atoms with Crippen molar-refractivity contribution in [3.05, 3.63) is 11.6 Å². The molecular weight excluding hydrogens is 146 g/mol. The highest BCUT2D eigenvalue weighted by atomic mass is 14.6. The van der Waals surface area contributed by atoms with Crippen LogP contribution in [0, 0.1) is 12.3 Å². The third kappa shape index (κ3) is 3.11. The SMILES string of the molecule is C#CCCC=C1CCCC(N)C1. The van der Waals surface area contributed by atoms with E-state index in [0.717, 1.165) is 19.3 Å². The minimum absolute atomic E-state index is 0.399. The van der Waals surface area contributed by atoms with Crippen LogP contribution in [0.1, 0.15) is 38.5 Å². The van der Waals surface area contributed by atoms with E-state index in [0.29, 0.717) is 6.04 Å². The first kappa shape index (κ1) is 9.35. The summed E-state index contributed by atoms with van der Waals surface area (Å²) in [5.74, 6) is 2.64. The number of nitrogens with two attached hydrogens (primary N) is 1. The van der Waals surface area contributed by atoms with Crippen LogP contribution in [0.3, 0.4) is 0 Å². The lowest BCUT2D eigenvalue weighted by molar-refractivity contribution is 0.516. The molecule has 1 heteroatoms. The number of rotatable bonds is 2. The van der Waals surface area contributed by atoms with Crippen LogP contribution in [0.25, 0.3) is 0 Å². The molecule has 0 spiro atoms. The summed E-state index contributed by atoms with van der Waals surface area (Å²) in [5.41, 5.74) is 7.37. The van der Waals surface area contributed by atoms with Gasteiger partial charge in [0.2, 0.25) is 0 Å². The molecule has 1 nitrogen and oxygen atoms in total. The summed E-state index contributed by atoms with van der Waals surface area (Å²) in [6.45, 7) is 0. The van der Waals surface area contributed by atoms with Crippen molar-refractivity contribution in [2.75, 3.05) is 0 Å². The lowest BCUT2D eigenvalue weighted by Crippen LogP contribution is -2.23. The summed E-state index contributed by atoms with van der Waals surface area (Å²) in [7, 11) is 0. The highest BCUT2D eigenvalue weighted by Gasteiger charge is 2.11. The zero-order valence-corrected chi connectivity index (χ0v) is 7.55. The maximum absolute atomic E-state index is 5.85. The summed E-state index contributed by atoms with van der Waals surface area (Å²) >= 11 is 0. The molecular formula is C11H17N. The third-order valence-electron chi connectivity index (χ3n) is 2.32. The van der Waals surface area contributed by atoms with Crippen LogP contribution in [0.5, 0.6) is 0 Å². The van der Waals surface area contributed by atoms with Gasteiger partial charge < -0.3 is 5.73 Å². The lowest BCUT2D eigenvalue weighted by atomic mass is 9.90. The van der Waals surface area contributed by atoms with Crippen molar-refractivity contribution >= 4 is 0 Å². The van der Waals surface area contributed by atoms with Gasteiger partial charge in [0, 0.05) is 12.5 Å². The lowest BCUT2D eigenvalue weighted by Gasteiger charge is -2.20. The van der Waals surface area contributed by atoms with E-state index >= 15 is 0 Å². The van der Waals surface area contributed by atoms with Crippen LogP contribution in [0.4, 0.5) is 0 Å². The first-order valence-corrected chi connectivity index (χ1v) is 4.70. The number of terminal acetylenes is 1. The molecule has 66 valence electrons. The molecule has 1 atom stereocenters. The van der Waals surface area contributed by atoms with Crippen LogP contribution in [0.2, 0.25) is 0 Å². The number of hydrogen-bond donors (Lipinski definition) is 1. The van der Waals surface area contributed by atoms with Crippen molar-refractivity contribution in [2.45, 2.75) is 44.6 Å². The van der Waals surface area contributed by atoms with Gasteiger partial charge in [-0.25, -0.2) is 0 Å². The fourth-order valence-corrected chi connectivity index (χ4v) is 1.68. The Bertz CT molecular complexity index is 198. The Labute approximate surface area is 75.0 Å². The van der Waals surface area contributed by atoms with E-state index in [4.69, 9.17) is 12.2 Å². The van der Waals surface area contributed by atoms with E-state index in [1.165, 1.54) is 24.8 Å². The minimum atomic E-state index is 0.399. The number of unbranched alkanes of at least 4 members (excludes halogenated alkanes) is 1. The molecule has 0 aromatic carbocycles. The average molecular weight is 163 g/mol. The van der Waals surface area contributed by atoms with Gasteiger partial charge in [-0.15, -0.1) is 12.3 Å². The van der Waals surface area contributed by atoms with E-state index in [-0.39, 0.29) is 0 Å². The molecule has 1 rings (SSSR count). The molecule has 1 unspecified atom stereocenters. The molecule has 1 aliphatic carbocycles. The predicted molar refractivity (Wildman–Crippen MR) is 52.6 cm³/mol. The maximum atomic E-state index is 5.85. The smallest absolute Gasteiger partial charge is 0.0121 e. The average Bonchev–Trinajstić information content (AvgIpc) is 2.05. The molecule has 0 bridgehead atoms. The molecule has 0 amide bonds. The van der Waals surface area contributed by atoms with E-state index < -0.39 is 0 Å². The fraction of sp³-hybridized carbons (Fsp3) is 0.636. The Morgan fingerprint density at radius 3 is 3.17 bits per heavy atom. The normalized spacial score (nSPS) is 27.0. The van der Waals surface area contributed by atoms with E-state index in [1.54, 1.807) is 0 Å². The van der Waals surface area contributed by atoms with Gasteiger partial charge in [0.25, 0.3) is 0 Å². The quantitative estimate of drug-likeness (QED) is 0.377. The molecule has 1 saturated carbocycles. The van der Waals surface area contributed by atoms with Crippen LogP contribution in [-0.2, 0) is 0 Å². The monoisotopic (exact) mass is 163 g/mol. The van der Waals surface area contributed by atoms with Gasteiger partial charge in [0.15, 0.2) is 0 Å². The predicted octanol–water partition coefficient (Wildman–Crippen LogP) is 2.23. The largest absolute Gasteiger partial charge is 0.327 e. The summed E-state index contributed by atoms with van der Waals surface area (Å²) in [5, 5.41) is 0. The van der Waals surface area contributed by atoms with Crippen molar-refractivity contribution < 1.29 is 0 Å². The molecule has 2 N–H and O–H groups in total. The van der Waals surface area contributed by atoms with Gasteiger partial charge in [-0.1, -0.05) is 11.6 Å². The number of hydrogen-bond acceptors (Lipinski definition) is 1. The maximum Gasteiger partial charge on any atom is 0.0121 e. The molecule has 0 radical (unpaired) electrons. The summed E-state index contributed by atoms with van der Waals surface area (Å²) < 4.78 is 0. The highest BCUT2D eigenvalue weighted by Crippen LogP contribution is 2.22. The highest BCUT2D eigenvalue weighted by molar-refractivity contribution is 5.07. The van der Waals surface area contributed by atoms with Gasteiger partial charge in [0.05, 0.1) is 0 Å². The van der Waals surface area contributed by atoms with E-state index in [9.17, 15) is 0 Å². The molecule has 0 aromatic heterocycles. The Morgan fingerprint density at radius 1 is 1.67 bits per heavy atom. The van der Waals surface area contributed by atoms with Crippen molar-refractivity contribution in [1.82, 2.24) is 0 Å². The van der Waals surface area contributed by atoms with Gasteiger partial charge in [-0.05, 0) is 32.1 Å². The van der Waals surface area contributed by atoms with E-state index in [2.05, 4.69) is 12.0 Å². The van der Waals surface area contributed by atoms with Gasteiger partial charge >= 0.3 is 0 Å². The molecule has 0 aromatic rings. The van der Waals surface area contributed by atoms with Crippen LogP contribution in [-0.4, -0.2) is 6.04 Å². The Morgan fingerprint density at radius 2 is 2.50 bits per heavy atom. The standard InChI is InChI=1S/C11H17N/c1-2-3-4-6-10-7-5-8-11(12)9-10/h1,6,11H,3-5,7-9,12H2.